The fourth-order valence-corrected chi connectivity index (χ4v) is 3.32. The minimum absolute atomic E-state index is 0.0802. The third kappa shape index (κ3) is 5.02. The number of halogens is 1. The van der Waals surface area contributed by atoms with Crippen LogP contribution < -0.4 is 9.64 Å². The summed E-state index contributed by atoms with van der Waals surface area (Å²) in [6, 6.07) is 12.1. The topological polar surface area (TPSA) is 49.9 Å². The Morgan fingerprint density at radius 2 is 1.83 bits per heavy atom. The lowest BCUT2D eigenvalue weighted by molar-refractivity contribution is -0.126. The second kappa shape index (κ2) is 9.37. The fraction of sp³-hybridized carbons (Fsp3) is 0.304. The van der Waals surface area contributed by atoms with Gasteiger partial charge in [0.2, 0.25) is 5.91 Å². The van der Waals surface area contributed by atoms with Crippen LogP contribution in [0.2, 0.25) is 0 Å². The molecule has 1 fully saturated rings. The van der Waals surface area contributed by atoms with Gasteiger partial charge >= 0.3 is 0 Å². The number of amides is 1. The summed E-state index contributed by atoms with van der Waals surface area (Å²) < 4.78 is 19.9. The van der Waals surface area contributed by atoms with Gasteiger partial charge in [-0.15, -0.1) is 0 Å². The molecule has 0 atom stereocenters. The van der Waals surface area contributed by atoms with Gasteiger partial charge in [-0.05, 0) is 44.2 Å². The molecule has 5 nitrogen and oxygen atoms in total. The van der Waals surface area contributed by atoms with Gasteiger partial charge in [0.1, 0.15) is 11.6 Å². The highest BCUT2D eigenvalue weighted by Gasteiger charge is 2.22. The van der Waals surface area contributed by atoms with Crippen molar-refractivity contribution in [3.63, 3.8) is 0 Å². The van der Waals surface area contributed by atoms with E-state index in [9.17, 15) is 14.0 Å². The first-order valence-electron chi connectivity index (χ1n) is 9.74. The predicted molar refractivity (Wildman–Crippen MR) is 112 cm³/mol. The summed E-state index contributed by atoms with van der Waals surface area (Å²) >= 11 is 0. The fourth-order valence-electron chi connectivity index (χ4n) is 3.32. The molecule has 0 unspecified atom stereocenters. The zero-order valence-electron chi connectivity index (χ0n) is 16.7. The van der Waals surface area contributed by atoms with Gasteiger partial charge < -0.3 is 14.5 Å². The lowest BCUT2D eigenvalue weighted by Gasteiger charge is -2.35. The number of para-hydroxylation sites is 1. The van der Waals surface area contributed by atoms with E-state index in [1.165, 1.54) is 13.0 Å². The van der Waals surface area contributed by atoms with Crippen molar-refractivity contribution in [3.05, 3.63) is 65.5 Å². The van der Waals surface area contributed by atoms with Crippen LogP contribution in [-0.2, 0) is 4.79 Å². The molecule has 29 heavy (non-hydrogen) atoms. The highest BCUT2D eigenvalue weighted by atomic mass is 19.1. The first kappa shape index (κ1) is 20.6. The quantitative estimate of drug-likeness (QED) is 0.551. The van der Waals surface area contributed by atoms with Crippen molar-refractivity contribution in [2.75, 3.05) is 37.7 Å². The number of ketones is 1. The molecular weight excluding hydrogens is 371 g/mol. The average molecular weight is 396 g/mol. The highest BCUT2D eigenvalue weighted by Crippen LogP contribution is 2.23. The maximum absolute atomic E-state index is 14.4. The number of ether oxygens (including phenoxy) is 1. The number of anilines is 1. The van der Waals surface area contributed by atoms with Crippen molar-refractivity contribution >= 4 is 23.5 Å². The standard InChI is InChI=1S/C23H25FN2O3/c1-3-29-22-7-5-4-6-18(22)9-11-23(28)26-14-12-25(13-15-26)21-10-8-19(17(2)27)16-20(21)24/h4-11,16H,3,12-15H2,1-2H3/b11-9+. The molecular formula is C23H25FN2O3. The molecule has 0 spiro atoms. The molecule has 0 aromatic heterocycles. The average Bonchev–Trinajstić information content (AvgIpc) is 2.73. The molecule has 0 saturated carbocycles. The van der Waals surface area contributed by atoms with Gasteiger partial charge in [0.15, 0.2) is 5.78 Å². The zero-order valence-corrected chi connectivity index (χ0v) is 16.7. The van der Waals surface area contributed by atoms with Crippen LogP contribution in [0.4, 0.5) is 10.1 Å². The molecule has 0 aliphatic carbocycles. The van der Waals surface area contributed by atoms with Crippen molar-refractivity contribution in [2.45, 2.75) is 13.8 Å². The zero-order chi connectivity index (χ0) is 20.8. The van der Waals surface area contributed by atoms with Crippen LogP contribution >= 0.6 is 0 Å². The van der Waals surface area contributed by atoms with Gasteiger partial charge in [-0.25, -0.2) is 4.39 Å². The van der Waals surface area contributed by atoms with E-state index in [1.807, 2.05) is 36.1 Å². The molecule has 2 aromatic carbocycles. The molecule has 3 rings (SSSR count). The Hall–Kier alpha value is -3.15. The van der Waals surface area contributed by atoms with E-state index in [2.05, 4.69) is 0 Å². The van der Waals surface area contributed by atoms with Crippen molar-refractivity contribution in [1.29, 1.82) is 0 Å². The molecule has 0 radical (unpaired) electrons. The first-order valence-corrected chi connectivity index (χ1v) is 9.74. The van der Waals surface area contributed by atoms with Crippen molar-refractivity contribution in [3.8, 4) is 5.75 Å². The maximum atomic E-state index is 14.4. The number of carbonyl (C=O) groups is 2. The Bertz CT molecular complexity index is 918. The van der Waals surface area contributed by atoms with Crippen LogP contribution in [-0.4, -0.2) is 49.4 Å². The molecule has 6 heteroatoms. The second-order valence-electron chi connectivity index (χ2n) is 6.84. The van der Waals surface area contributed by atoms with Crippen LogP contribution in [0.5, 0.6) is 5.75 Å². The van der Waals surface area contributed by atoms with Gasteiger partial charge in [0.25, 0.3) is 0 Å². The summed E-state index contributed by atoms with van der Waals surface area (Å²) in [5.41, 5.74) is 1.68. The number of hydrogen-bond acceptors (Lipinski definition) is 4. The molecule has 1 amide bonds. The molecule has 2 aromatic rings. The monoisotopic (exact) mass is 396 g/mol. The predicted octanol–water partition coefficient (Wildman–Crippen LogP) is 3.79. The van der Waals surface area contributed by atoms with Crippen molar-refractivity contribution < 1.29 is 18.7 Å². The smallest absolute Gasteiger partial charge is 0.246 e. The summed E-state index contributed by atoms with van der Waals surface area (Å²) in [6.07, 6.45) is 3.32. The normalized spacial score (nSPS) is 14.3. The number of rotatable bonds is 6. The summed E-state index contributed by atoms with van der Waals surface area (Å²) in [7, 11) is 0. The summed E-state index contributed by atoms with van der Waals surface area (Å²) in [5.74, 6) is 0.0881. The number of benzene rings is 2. The Labute approximate surface area is 170 Å². The van der Waals surface area contributed by atoms with Crippen LogP contribution in [0, 0.1) is 5.82 Å². The third-order valence-electron chi connectivity index (χ3n) is 4.91. The van der Waals surface area contributed by atoms with Crippen LogP contribution in [0.1, 0.15) is 29.8 Å². The van der Waals surface area contributed by atoms with Gasteiger partial charge in [0.05, 0.1) is 12.3 Å². The largest absolute Gasteiger partial charge is 0.493 e. The Morgan fingerprint density at radius 1 is 1.10 bits per heavy atom. The number of nitrogens with zero attached hydrogens (tertiary/aromatic N) is 2. The van der Waals surface area contributed by atoms with Crippen LogP contribution in [0.25, 0.3) is 6.08 Å². The third-order valence-corrected chi connectivity index (χ3v) is 4.91. The molecule has 1 saturated heterocycles. The highest BCUT2D eigenvalue weighted by molar-refractivity contribution is 5.94. The molecule has 152 valence electrons. The minimum atomic E-state index is -0.412. The first-order chi connectivity index (χ1) is 14.0. The van der Waals surface area contributed by atoms with Crippen molar-refractivity contribution in [2.24, 2.45) is 0 Å². The molecule has 1 heterocycles. The second-order valence-corrected chi connectivity index (χ2v) is 6.84. The molecule has 1 aliphatic rings. The van der Waals surface area contributed by atoms with E-state index in [1.54, 1.807) is 29.2 Å². The molecule has 0 N–H and O–H groups in total. The van der Waals surface area contributed by atoms with Gasteiger partial charge in [0, 0.05) is 43.4 Å². The Morgan fingerprint density at radius 3 is 2.48 bits per heavy atom. The van der Waals surface area contributed by atoms with Crippen molar-refractivity contribution in [1.82, 2.24) is 4.90 Å². The lowest BCUT2D eigenvalue weighted by Crippen LogP contribution is -2.48. The van der Waals surface area contributed by atoms with E-state index in [0.717, 1.165) is 11.3 Å². The maximum Gasteiger partial charge on any atom is 0.246 e. The number of Topliss-reactive ketones (excluding diaryl/α,β-unsaturated/α-hetero) is 1. The number of hydrogen-bond donors (Lipinski definition) is 0. The van der Waals surface area contributed by atoms with E-state index >= 15 is 0 Å². The van der Waals surface area contributed by atoms with E-state index < -0.39 is 5.82 Å². The van der Waals surface area contributed by atoms with Gasteiger partial charge in [-0.2, -0.15) is 0 Å². The Kier molecular flexibility index (Phi) is 6.65. The molecule has 1 aliphatic heterocycles. The van der Waals surface area contributed by atoms with E-state index in [-0.39, 0.29) is 11.7 Å². The minimum Gasteiger partial charge on any atom is -0.493 e. The van der Waals surface area contributed by atoms with Crippen LogP contribution in [0.15, 0.2) is 48.5 Å². The summed E-state index contributed by atoms with van der Waals surface area (Å²) in [4.78, 5) is 27.6. The SMILES string of the molecule is CCOc1ccccc1/C=C/C(=O)N1CCN(c2ccc(C(C)=O)cc2F)CC1. The number of carbonyl (C=O) groups excluding carboxylic acids is 2. The van der Waals surface area contributed by atoms with E-state index in [4.69, 9.17) is 4.74 Å². The summed E-state index contributed by atoms with van der Waals surface area (Å²) in [6.45, 7) is 5.97. The summed E-state index contributed by atoms with van der Waals surface area (Å²) in [5, 5.41) is 0. The van der Waals surface area contributed by atoms with E-state index in [0.29, 0.717) is 44.0 Å². The number of piperazine rings is 1. The van der Waals surface area contributed by atoms with Gasteiger partial charge in [-0.1, -0.05) is 18.2 Å². The van der Waals surface area contributed by atoms with Crippen LogP contribution in [0.3, 0.4) is 0 Å². The van der Waals surface area contributed by atoms with Gasteiger partial charge in [-0.3, -0.25) is 9.59 Å². The Balaban J connectivity index is 1.61. The molecule has 0 bridgehead atoms. The lowest BCUT2D eigenvalue weighted by atomic mass is 10.1.